The number of rotatable bonds is 26. The summed E-state index contributed by atoms with van der Waals surface area (Å²) in [7, 11) is 0. The van der Waals surface area contributed by atoms with Crippen molar-refractivity contribution in [2.45, 2.75) is 186 Å². The minimum atomic E-state index is -1.28. The molecule has 41 heavy (non-hydrogen) atoms. The zero-order chi connectivity index (χ0) is 30.1. The van der Waals surface area contributed by atoms with Gasteiger partial charge < -0.3 is 31.1 Å². The van der Waals surface area contributed by atoms with Gasteiger partial charge in [0, 0.05) is 13.1 Å². The van der Waals surface area contributed by atoms with Crippen LogP contribution in [0.3, 0.4) is 0 Å². The van der Waals surface area contributed by atoms with E-state index in [9.17, 15) is 20.1 Å². The highest BCUT2D eigenvalue weighted by molar-refractivity contribution is 5.74. The Hall–Kier alpha value is -0.930. The Morgan fingerprint density at radius 2 is 1.10 bits per heavy atom. The van der Waals surface area contributed by atoms with E-state index in [1.807, 2.05) is 0 Å². The van der Waals surface area contributed by atoms with Gasteiger partial charge in [-0.15, -0.1) is 0 Å². The molecule has 244 valence electrons. The van der Waals surface area contributed by atoms with Gasteiger partial charge in [-0.3, -0.25) is 4.90 Å². The zero-order valence-corrected chi connectivity index (χ0v) is 26.7. The molecule has 1 aliphatic rings. The van der Waals surface area contributed by atoms with Crippen LogP contribution in [0.2, 0.25) is 0 Å². The van der Waals surface area contributed by atoms with Crippen LogP contribution in [0.1, 0.15) is 155 Å². The van der Waals surface area contributed by atoms with E-state index in [-0.39, 0.29) is 6.03 Å². The Labute approximate surface area is 252 Å². The van der Waals surface area contributed by atoms with Crippen molar-refractivity contribution in [2.75, 3.05) is 19.7 Å². The van der Waals surface area contributed by atoms with E-state index in [0.717, 1.165) is 32.1 Å². The van der Waals surface area contributed by atoms with Crippen molar-refractivity contribution in [1.82, 2.24) is 10.2 Å². The number of aliphatic hydroxyl groups is 3. The third-order valence-corrected chi connectivity index (χ3v) is 8.58. The summed E-state index contributed by atoms with van der Waals surface area (Å²) in [5.41, 5.74) is 6.22. The normalized spacial score (nSPS) is 22.6. The molecule has 1 rings (SSSR count). The molecule has 8 nitrogen and oxygen atoms in total. The summed E-state index contributed by atoms with van der Waals surface area (Å²) < 4.78 is 5.86. The fourth-order valence-corrected chi connectivity index (χ4v) is 5.78. The van der Waals surface area contributed by atoms with Crippen LogP contribution in [0, 0.1) is 0 Å². The number of carbonyl (C=O) groups excluding carboxylic acids is 1. The van der Waals surface area contributed by atoms with Crippen molar-refractivity contribution in [3.63, 3.8) is 0 Å². The molecule has 6 N–H and O–H groups in total. The molecular weight excluding hydrogens is 518 g/mol. The molecule has 8 heteroatoms. The molecule has 0 unspecified atom stereocenters. The van der Waals surface area contributed by atoms with Crippen LogP contribution in [0.15, 0.2) is 0 Å². The Balaban J connectivity index is 2.39. The van der Waals surface area contributed by atoms with Gasteiger partial charge >= 0.3 is 6.03 Å². The summed E-state index contributed by atoms with van der Waals surface area (Å²) in [4.78, 5) is 14.8. The molecule has 0 saturated carbocycles. The van der Waals surface area contributed by atoms with Crippen molar-refractivity contribution in [3.05, 3.63) is 0 Å². The van der Waals surface area contributed by atoms with Gasteiger partial charge in [0.1, 0.15) is 18.3 Å². The molecule has 0 aromatic rings. The lowest BCUT2D eigenvalue weighted by atomic mass is 9.96. The van der Waals surface area contributed by atoms with Crippen molar-refractivity contribution >= 4 is 6.03 Å². The first-order valence-corrected chi connectivity index (χ1v) is 17.4. The predicted molar refractivity (Wildman–Crippen MR) is 169 cm³/mol. The van der Waals surface area contributed by atoms with Crippen LogP contribution in [0.5, 0.6) is 0 Å². The highest BCUT2D eigenvalue weighted by Gasteiger charge is 2.45. The highest BCUT2D eigenvalue weighted by atomic mass is 16.5. The fraction of sp³-hybridized carbons (Fsp3) is 0.970. The first-order valence-electron chi connectivity index (χ1n) is 17.4. The lowest BCUT2D eigenvalue weighted by Crippen LogP contribution is -2.67. The maximum atomic E-state index is 13.2. The predicted octanol–water partition coefficient (Wildman–Crippen LogP) is 6.39. The number of ether oxygens (including phenoxy) is 1. The summed E-state index contributed by atoms with van der Waals surface area (Å²) in [5, 5.41) is 33.4. The first-order chi connectivity index (χ1) is 20.0. The summed E-state index contributed by atoms with van der Waals surface area (Å²) >= 11 is 0. The molecule has 5 atom stereocenters. The lowest BCUT2D eigenvalue weighted by Gasteiger charge is -2.45. The number of aliphatic hydroxyl groups excluding tert-OH is 3. The molecular formula is C33H67N3O5. The van der Waals surface area contributed by atoms with E-state index in [2.05, 4.69) is 19.2 Å². The number of hydrogen-bond acceptors (Lipinski definition) is 6. The largest absolute Gasteiger partial charge is 0.394 e. The van der Waals surface area contributed by atoms with Gasteiger partial charge in [-0.2, -0.15) is 0 Å². The van der Waals surface area contributed by atoms with Gasteiger partial charge in [-0.25, -0.2) is 4.79 Å². The maximum Gasteiger partial charge on any atom is 0.319 e. The molecule has 1 heterocycles. The van der Waals surface area contributed by atoms with Gasteiger partial charge in [-0.1, -0.05) is 142 Å². The molecule has 2 amide bonds. The van der Waals surface area contributed by atoms with Gasteiger partial charge in [0.25, 0.3) is 0 Å². The van der Waals surface area contributed by atoms with Crippen LogP contribution in [0.25, 0.3) is 0 Å². The molecule has 1 saturated heterocycles. The number of amides is 2. The van der Waals surface area contributed by atoms with E-state index in [1.54, 1.807) is 4.90 Å². The number of carbonyl (C=O) groups is 1. The molecule has 1 aliphatic heterocycles. The highest BCUT2D eigenvalue weighted by Crippen LogP contribution is 2.23. The van der Waals surface area contributed by atoms with Crippen LogP contribution in [-0.4, -0.2) is 76.5 Å². The SMILES string of the molecule is CCCCCCCCCCCCCCNC(=O)N(CCCCCCCCCCCC)[C@@H]1O[C@H](CO)[C@H](O)[C@H](O)[C@H]1N. The van der Waals surface area contributed by atoms with E-state index >= 15 is 0 Å². The van der Waals surface area contributed by atoms with E-state index in [0.29, 0.717) is 13.1 Å². The number of nitrogens with zero attached hydrogens (tertiary/aromatic N) is 1. The number of urea groups is 1. The summed E-state index contributed by atoms with van der Waals surface area (Å²) in [6.45, 7) is 5.09. The van der Waals surface area contributed by atoms with Gasteiger partial charge in [0.15, 0.2) is 6.23 Å². The minimum Gasteiger partial charge on any atom is -0.394 e. The fourth-order valence-electron chi connectivity index (χ4n) is 5.78. The molecule has 0 bridgehead atoms. The van der Waals surface area contributed by atoms with Crippen molar-refractivity contribution in [1.29, 1.82) is 0 Å². The Bertz CT molecular complexity index is 609. The van der Waals surface area contributed by atoms with Crippen LogP contribution < -0.4 is 11.1 Å². The van der Waals surface area contributed by atoms with Gasteiger partial charge in [-0.05, 0) is 12.8 Å². The average Bonchev–Trinajstić information content (AvgIpc) is 2.97. The van der Waals surface area contributed by atoms with Crippen LogP contribution >= 0.6 is 0 Å². The zero-order valence-electron chi connectivity index (χ0n) is 26.7. The summed E-state index contributed by atoms with van der Waals surface area (Å²) in [5.74, 6) is 0. The Kier molecular flexibility index (Phi) is 23.7. The molecule has 0 aromatic carbocycles. The topological polar surface area (TPSA) is 128 Å². The van der Waals surface area contributed by atoms with E-state index in [4.69, 9.17) is 10.5 Å². The van der Waals surface area contributed by atoms with E-state index < -0.39 is 37.2 Å². The number of hydrogen-bond donors (Lipinski definition) is 5. The second kappa shape index (κ2) is 25.6. The van der Waals surface area contributed by atoms with E-state index in [1.165, 1.54) is 109 Å². The molecule has 1 fully saturated rings. The van der Waals surface area contributed by atoms with Crippen molar-refractivity contribution < 1.29 is 24.9 Å². The number of nitrogens with one attached hydrogen (secondary N) is 1. The average molecular weight is 586 g/mol. The minimum absolute atomic E-state index is 0.260. The Morgan fingerprint density at radius 1 is 0.683 bits per heavy atom. The Morgan fingerprint density at radius 3 is 1.54 bits per heavy atom. The molecule has 0 spiro atoms. The quantitative estimate of drug-likeness (QED) is 0.0749. The first kappa shape index (κ1) is 38.1. The van der Waals surface area contributed by atoms with Crippen LogP contribution in [-0.2, 0) is 4.74 Å². The third-order valence-electron chi connectivity index (χ3n) is 8.58. The lowest BCUT2D eigenvalue weighted by molar-refractivity contribution is -0.218. The number of nitrogens with two attached hydrogens (primary N) is 1. The van der Waals surface area contributed by atoms with Crippen molar-refractivity contribution in [3.8, 4) is 0 Å². The monoisotopic (exact) mass is 586 g/mol. The summed E-state index contributed by atoms with van der Waals surface area (Å²) in [6.07, 6.45) is 22.7. The third kappa shape index (κ3) is 17.1. The number of unbranched alkanes of at least 4 members (excludes halogenated alkanes) is 20. The smallest absolute Gasteiger partial charge is 0.319 e. The summed E-state index contributed by atoms with van der Waals surface area (Å²) in [6, 6.07) is -1.21. The maximum absolute atomic E-state index is 13.2. The van der Waals surface area contributed by atoms with Crippen LogP contribution in [0.4, 0.5) is 4.79 Å². The second-order valence-electron chi connectivity index (χ2n) is 12.3. The molecule has 0 aliphatic carbocycles. The molecule has 0 radical (unpaired) electrons. The van der Waals surface area contributed by atoms with Gasteiger partial charge in [0.2, 0.25) is 0 Å². The second-order valence-corrected chi connectivity index (χ2v) is 12.3. The standard InChI is InChI=1S/C33H67N3O5/c1-3-5-7-9-11-13-15-16-17-19-21-23-25-35-33(40)36(26-24-22-20-18-14-12-10-8-6-4-2)32-29(34)31(39)30(38)28(27-37)41-32/h28-32,37-39H,3-27,34H2,1-2H3,(H,35,40)/t28-,29-,30+,31-,32-/m1/s1. The van der Waals surface area contributed by atoms with Gasteiger partial charge in [0.05, 0.1) is 12.6 Å². The van der Waals surface area contributed by atoms with Crippen molar-refractivity contribution in [2.24, 2.45) is 5.73 Å². The molecule has 0 aromatic heterocycles.